The Kier molecular flexibility index (Phi) is 4.86. The summed E-state index contributed by atoms with van der Waals surface area (Å²) in [5.41, 5.74) is 2.34. The Bertz CT molecular complexity index is 760. The summed E-state index contributed by atoms with van der Waals surface area (Å²) in [6, 6.07) is 15.1. The van der Waals surface area contributed by atoms with Crippen LogP contribution in [0.25, 0.3) is 11.1 Å². The van der Waals surface area contributed by atoms with E-state index in [1.165, 1.54) is 0 Å². The number of benzene rings is 2. The topological polar surface area (TPSA) is 57.6 Å². The van der Waals surface area contributed by atoms with Crippen LogP contribution in [0, 0.1) is 5.92 Å². The molecule has 0 unspecified atom stereocenters. The molecule has 2 aromatic carbocycles. The molecule has 0 spiro atoms. The zero-order valence-electron chi connectivity index (χ0n) is 13.1. The molecule has 5 heteroatoms. The summed E-state index contributed by atoms with van der Waals surface area (Å²) >= 11 is 6.23. The zero-order chi connectivity index (χ0) is 17.1. The number of halogens is 1. The van der Waals surface area contributed by atoms with Crippen molar-refractivity contribution in [1.82, 2.24) is 4.90 Å². The zero-order valence-corrected chi connectivity index (χ0v) is 13.9. The van der Waals surface area contributed by atoms with E-state index >= 15 is 0 Å². The van der Waals surface area contributed by atoms with Crippen LogP contribution in [-0.4, -0.2) is 35.0 Å². The molecule has 2 aromatic rings. The lowest BCUT2D eigenvalue weighted by Crippen LogP contribution is -2.42. The lowest BCUT2D eigenvalue weighted by molar-refractivity contribution is -0.143. The van der Waals surface area contributed by atoms with Gasteiger partial charge >= 0.3 is 5.97 Å². The van der Waals surface area contributed by atoms with Crippen LogP contribution in [0.15, 0.2) is 48.5 Å². The van der Waals surface area contributed by atoms with Gasteiger partial charge in [0.15, 0.2) is 0 Å². The number of rotatable bonds is 3. The minimum Gasteiger partial charge on any atom is -0.481 e. The highest BCUT2D eigenvalue weighted by molar-refractivity contribution is 6.34. The van der Waals surface area contributed by atoms with Crippen molar-refractivity contribution in [2.45, 2.75) is 12.8 Å². The number of carboxylic acid groups (broad SMARTS) is 1. The van der Waals surface area contributed by atoms with Crippen LogP contribution in [0.3, 0.4) is 0 Å². The number of hydrogen-bond acceptors (Lipinski definition) is 2. The normalized spacial score (nSPS) is 17.5. The standard InChI is InChI=1S/C19H18ClNO3/c20-17-9-8-14(13-5-2-1-3-6-13)11-16(17)18(22)21-10-4-7-15(12-21)19(23)24/h1-3,5-6,8-9,11,15H,4,7,10,12H2,(H,23,24)/t15-/m0/s1. The molecule has 1 aliphatic heterocycles. The van der Waals surface area contributed by atoms with Gasteiger partial charge in [0.1, 0.15) is 0 Å². The Morgan fingerprint density at radius 3 is 2.54 bits per heavy atom. The van der Waals surface area contributed by atoms with Crippen molar-refractivity contribution in [3.63, 3.8) is 0 Å². The van der Waals surface area contributed by atoms with Crippen LogP contribution >= 0.6 is 11.6 Å². The molecular weight excluding hydrogens is 326 g/mol. The smallest absolute Gasteiger partial charge is 0.308 e. The largest absolute Gasteiger partial charge is 0.481 e. The number of carboxylic acids is 1. The predicted molar refractivity (Wildman–Crippen MR) is 93.2 cm³/mol. The van der Waals surface area contributed by atoms with E-state index in [1.807, 2.05) is 36.4 Å². The van der Waals surface area contributed by atoms with Crippen molar-refractivity contribution < 1.29 is 14.7 Å². The van der Waals surface area contributed by atoms with Gasteiger partial charge in [-0.3, -0.25) is 9.59 Å². The van der Waals surface area contributed by atoms with E-state index in [-0.39, 0.29) is 12.5 Å². The quantitative estimate of drug-likeness (QED) is 0.918. The maximum atomic E-state index is 12.8. The lowest BCUT2D eigenvalue weighted by Gasteiger charge is -2.31. The highest BCUT2D eigenvalue weighted by Gasteiger charge is 2.29. The molecule has 124 valence electrons. The lowest BCUT2D eigenvalue weighted by atomic mass is 9.97. The first kappa shape index (κ1) is 16.5. The summed E-state index contributed by atoms with van der Waals surface area (Å²) in [7, 11) is 0. The van der Waals surface area contributed by atoms with Gasteiger partial charge in [0.2, 0.25) is 0 Å². The Labute approximate surface area is 145 Å². The third-order valence-electron chi connectivity index (χ3n) is 4.36. The van der Waals surface area contributed by atoms with Crippen molar-refractivity contribution in [2.75, 3.05) is 13.1 Å². The average Bonchev–Trinajstić information content (AvgIpc) is 2.62. The summed E-state index contributed by atoms with van der Waals surface area (Å²) < 4.78 is 0. The fourth-order valence-corrected chi connectivity index (χ4v) is 3.23. The fraction of sp³-hybridized carbons (Fsp3) is 0.263. The van der Waals surface area contributed by atoms with E-state index in [4.69, 9.17) is 11.6 Å². The summed E-state index contributed by atoms with van der Waals surface area (Å²) in [6.07, 6.45) is 1.30. The Hall–Kier alpha value is -2.33. The van der Waals surface area contributed by atoms with Gasteiger partial charge in [0, 0.05) is 13.1 Å². The van der Waals surface area contributed by atoms with Crippen LogP contribution in [0.4, 0.5) is 0 Å². The number of aliphatic carboxylic acids is 1. The molecule has 0 bridgehead atoms. The molecule has 0 aromatic heterocycles. The molecular formula is C19H18ClNO3. The minimum absolute atomic E-state index is 0.205. The van der Waals surface area contributed by atoms with Crippen molar-refractivity contribution in [3.05, 3.63) is 59.1 Å². The summed E-state index contributed by atoms with van der Waals surface area (Å²) in [5.74, 6) is -1.56. The van der Waals surface area contributed by atoms with Crippen LogP contribution in [-0.2, 0) is 4.79 Å². The highest BCUT2D eigenvalue weighted by Crippen LogP contribution is 2.27. The van der Waals surface area contributed by atoms with E-state index in [0.717, 1.165) is 11.1 Å². The number of nitrogens with zero attached hydrogens (tertiary/aromatic N) is 1. The number of hydrogen-bond donors (Lipinski definition) is 1. The first-order valence-electron chi connectivity index (χ1n) is 7.93. The number of amides is 1. The number of likely N-dealkylation sites (tertiary alicyclic amines) is 1. The van der Waals surface area contributed by atoms with Gasteiger partial charge in [-0.1, -0.05) is 48.0 Å². The molecule has 1 amide bonds. The van der Waals surface area contributed by atoms with Crippen molar-refractivity contribution in [2.24, 2.45) is 5.92 Å². The van der Waals surface area contributed by atoms with E-state index in [9.17, 15) is 14.7 Å². The Morgan fingerprint density at radius 1 is 1.08 bits per heavy atom. The molecule has 1 N–H and O–H groups in total. The third-order valence-corrected chi connectivity index (χ3v) is 4.69. The first-order chi connectivity index (χ1) is 11.6. The van der Waals surface area contributed by atoms with E-state index in [1.54, 1.807) is 17.0 Å². The van der Waals surface area contributed by atoms with Crippen molar-refractivity contribution >= 4 is 23.5 Å². The van der Waals surface area contributed by atoms with Crippen LogP contribution in [0.5, 0.6) is 0 Å². The number of carbonyl (C=O) groups excluding carboxylic acids is 1. The summed E-state index contributed by atoms with van der Waals surface area (Å²) in [6.45, 7) is 0.800. The van der Waals surface area contributed by atoms with Gasteiger partial charge in [-0.2, -0.15) is 0 Å². The molecule has 3 rings (SSSR count). The molecule has 4 nitrogen and oxygen atoms in total. The van der Waals surface area contributed by atoms with Crippen molar-refractivity contribution in [3.8, 4) is 11.1 Å². The molecule has 1 atom stereocenters. The molecule has 1 fully saturated rings. The van der Waals surface area contributed by atoms with Gasteiger partial charge in [-0.25, -0.2) is 0 Å². The van der Waals surface area contributed by atoms with Gasteiger partial charge in [-0.05, 0) is 36.1 Å². The second-order valence-electron chi connectivity index (χ2n) is 5.99. The Morgan fingerprint density at radius 2 is 1.83 bits per heavy atom. The van der Waals surface area contributed by atoms with Gasteiger partial charge in [0.25, 0.3) is 5.91 Å². The highest BCUT2D eigenvalue weighted by atomic mass is 35.5. The predicted octanol–water partition coefficient (Wildman–Crippen LogP) is 3.94. The monoisotopic (exact) mass is 343 g/mol. The SMILES string of the molecule is O=C(O)[C@H]1CCCN(C(=O)c2cc(-c3ccccc3)ccc2Cl)C1. The van der Waals surface area contributed by atoms with Crippen LogP contribution in [0.2, 0.25) is 5.02 Å². The molecule has 1 aliphatic rings. The second kappa shape index (κ2) is 7.05. The number of piperidine rings is 1. The van der Waals surface area contributed by atoms with E-state index in [0.29, 0.717) is 30.0 Å². The van der Waals surface area contributed by atoms with Crippen LogP contribution in [0.1, 0.15) is 23.2 Å². The second-order valence-corrected chi connectivity index (χ2v) is 6.40. The maximum Gasteiger partial charge on any atom is 0.308 e. The van der Waals surface area contributed by atoms with Gasteiger partial charge in [-0.15, -0.1) is 0 Å². The fourth-order valence-electron chi connectivity index (χ4n) is 3.03. The maximum absolute atomic E-state index is 12.8. The minimum atomic E-state index is -0.850. The van der Waals surface area contributed by atoms with Crippen LogP contribution < -0.4 is 0 Å². The van der Waals surface area contributed by atoms with Crippen molar-refractivity contribution in [1.29, 1.82) is 0 Å². The molecule has 0 saturated carbocycles. The first-order valence-corrected chi connectivity index (χ1v) is 8.31. The average molecular weight is 344 g/mol. The number of carbonyl (C=O) groups is 2. The molecule has 1 heterocycles. The Balaban J connectivity index is 1.88. The van der Waals surface area contributed by atoms with Gasteiger partial charge in [0.05, 0.1) is 16.5 Å². The summed E-state index contributed by atoms with van der Waals surface area (Å²) in [5, 5.41) is 9.58. The molecule has 0 radical (unpaired) electrons. The third kappa shape index (κ3) is 3.44. The molecule has 24 heavy (non-hydrogen) atoms. The molecule has 0 aliphatic carbocycles. The van der Waals surface area contributed by atoms with E-state index in [2.05, 4.69) is 0 Å². The summed E-state index contributed by atoms with van der Waals surface area (Å²) in [4.78, 5) is 25.6. The molecule has 1 saturated heterocycles. The van der Waals surface area contributed by atoms with Gasteiger partial charge < -0.3 is 10.0 Å². The van der Waals surface area contributed by atoms with E-state index < -0.39 is 11.9 Å².